The van der Waals surface area contributed by atoms with Crippen LogP contribution in [0.2, 0.25) is 0 Å². The Morgan fingerprint density at radius 1 is 1.18 bits per heavy atom. The van der Waals surface area contributed by atoms with Gasteiger partial charge in [0.2, 0.25) is 0 Å². The number of carbonyl (C=O) groups is 1. The van der Waals surface area contributed by atoms with Crippen molar-refractivity contribution in [3.63, 3.8) is 0 Å². The molecule has 33 heavy (non-hydrogen) atoms. The summed E-state index contributed by atoms with van der Waals surface area (Å²) in [5.41, 5.74) is 2.69. The van der Waals surface area contributed by atoms with Crippen molar-refractivity contribution in [2.75, 3.05) is 26.7 Å². The second kappa shape index (κ2) is 7.31. The SMILES string of the molecule is CC[N@@+]1(C)CC[C@]23c4c5ccc(O)c4O[C@H]2C(=O)CC[C@@]3(OCCCc2ccccc2)[C@H]1C5. The highest BCUT2D eigenvalue weighted by atomic mass is 16.5. The number of Topliss-reactive ketones (excluding diaryl/α,β-unsaturated/α-hetero) is 1. The molecular weight excluding hydrogens is 414 g/mol. The number of piperidine rings is 1. The fourth-order valence-corrected chi connectivity index (χ4v) is 7.64. The van der Waals surface area contributed by atoms with Gasteiger partial charge in [-0.15, -0.1) is 0 Å². The average molecular weight is 449 g/mol. The number of phenols is 1. The molecule has 5 nitrogen and oxygen atoms in total. The average Bonchev–Trinajstić information content (AvgIpc) is 3.20. The van der Waals surface area contributed by atoms with E-state index in [1.54, 1.807) is 6.07 Å². The minimum Gasteiger partial charge on any atom is -0.504 e. The van der Waals surface area contributed by atoms with Gasteiger partial charge in [0.05, 0.1) is 25.6 Å². The first kappa shape index (κ1) is 21.2. The van der Waals surface area contributed by atoms with Gasteiger partial charge >= 0.3 is 0 Å². The number of likely N-dealkylation sites (tertiary alicyclic amines) is 1. The number of quaternary nitrogens is 1. The number of rotatable bonds is 6. The molecule has 5 heteroatoms. The third-order valence-electron chi connectivity index (χ3n) is 9.40. The Morgan fingerprint density at radius 2 is 2.00 bits per heavy atom. The number of phenolic OH excluding ortho intramolecular Hbond substituents is 1. The quantitative estimate of drug-likeness (QED) is 0.537. The van der Waals surface area contributed by atoms with Crippen LogP contribution < -0.4 is 4.74 Å². The second-order valence-corrected chi connectivity index (χ2v) is 10.7. The van der Waals surface area contributed by atoms with Crippen molar-refractivity contribution < 1.29 is 23.9 Å². The summed E-state index contributed by atoms with van der Waals surface area (Å²) in [4.78, 5) is 13.3. The number of hydrogen-bond donors (Lipinski definition) is 1. The van der Waals surface area contributed by atoms with E-state index in [1.165, 1.54) is 11.1 Å². The van der Waals surface area contributed by atoms with Gasteiger partial charge in [0.1, 0.15) is 11.6 Å². The zero-order chi connectivity index (χ0) is 22.8. The predicted octanol–water partition coefficient (Wildman–Crippen LogP) is 3.94. The van der Waals surface area contributed by atoms with Crippen LogP contribution in [0.25, 0.3) is 0 Å². The molecule has 0 unspecified atom stereocenters. The first-order valence-corrected chi connectivity index (χ1v) is 12.5. The van der Waals surface area contributed by atoms with Gasteiger partial charge in [-0.1, -0.05) is 36.4 Å². The van der Waals surface area contributed by atoms with Crippen LogP contribution in [0.3, 0.4) is 0 Å². The normalized spacial score (nSPS) is 35.8. The van der Waals surface area contributed by atoms with Crippen LogP contribution in [-0.4, -0.2) is 59.9 Å². The van der Waals surface area contributed by atoms with Crippen LogP contribution in [0.1, 0.15) is 49.3 Å². The molecular formula is C28H34NO4+. The number of benzene rings is 2. The molecule has 2 aliphatic heterocycles. The monoisotopic (exact) mass is 448 g/mol. The summed E-state index contributed by atoms with van der Waals surface area (Å²) in [6.07, 6.45) is 4.36. The van der Waals surface area contributed by atoms with Gasteiger partial charge in [0.15, 0.2) is 23.4 Å². The lowest BCUT2D eigenvalue weighted by Gasteiger charge is -2.65. The standard InChI is InChI=1S/C28H33NO4/c1-3-29(2)16-15-27-24-20-11-12-21(30)25(24)33-26(27)22(31)13-14-28(27,23(29)18-20)32-17-7-10-19-8-5-4-6-9-19/h4-6,8-9,11-12,23,26H,3,7,10,13-18H2,1-2H3/p+1/t23-,26+,27+,28-,29+/m1/s1. The van der Waals surface area contributed by atoms with Crippen molar-refractivity contribution in [1.29, 1.82) is 0 Å². The molecule has 1 N–H and O–H groups in total. The van der Waals surface area contributed by atoms with E-state index in [0.717, 1.165) is 55.2 Å². The molecule has 174 valence electrons. The van der Waals surface area contributed by atoms with E-state index >= 15 is 0 Å². The van der Waals surface area contributed by atoms with E-state index in [1.807, 2.05) is 0 Å². The number of hydrogen-bond acceptors (Lipinski definition) is 4. The molecule has 0 amide bonds. The Labute approximate surface area is 195 Å². The fraction of sp³-hybridized carbons (Fsp3) is 0.536. The first-order chi connectivity index (χ1) is 16.0. The minimum atomic E-state index is -0.546. The van der Waals surface area contributed by atoms with Crippen LogP contribution in [0, 0.1) is 0 Å². The molecule has 2 fully saturated rings. The Bertz CT molecular complexity index is 1100. The summed E-state index contributed by atoms with van der Waals surface area (Å²) < 4.78 is 14.4. The van der Waals surface area contributed by atoms with Crippen LogP contribution in [0.5, 0.6) is 11.5 Å². The van der Waals surface area contributed by atoms with E-state index in [-0.39, 0.29) is 17.6 Å². The van der Waals surface area contributed by atoms with Gasteiger partial charge in [0, 0.05) is 31.4 Å². The minimum absolute atomic E-state index is 0.153. The van der Waals surface area contributed by atoms with Crippen molar-refractivity contribution in [1.82, 2.24) is 0 Å². The number of likely N-dealkylation sites (N-methyl/N-ethyl adjacent to an activating group) is 1. The Balaban J connectivity index is 1.43. The van der Waals surface area contributed by atoms with Crippen molar-refractivity contribution in [3.8, 4) is 11.5 Å². The topological polar surface area (TPSA) is 55.8 Å². The number of aryl methyl sites for hydroxylation is 1. The molecule has 2 bridgehead atoms. The molecule has 1 saturated carbocycles. The van der Waals surface area contributed by atoms with Crippen molar-refractivity contribution in [2.24, 2.45) is 0 Å². The number of ether oxygens (including phenoxy) is 2. The number of aromatic hydroxyl groups is 1. The van der Waals surface area contributed by atoms with Crippen molar-refractivity contribution >= 4 is 5.78 Å². The zero-order valence-corrected chi connectivity index (χ0v) is 19.7. The highest BCUT2D eigenvalue weighted by Crippen LogP contribution is 2.66. The summed E-state index contributed by atoms with van der Waals surface area (Å²) in [5, 5.41) is 10.7. The van der Waals surface area contributed by atoms with Crippen LogP contribution in [-0.2, 0) is 27.8 Å². The summed E-state index contributed by atoms with van der Waals surface area (Å²) in [6, 6.07) is 14.6. The molecule has 1 saturated heterocycles. The third kappa shape index (κ3) is 2.69. The van der Waals surface area contributed by atoms with E-state index in [0.29, 0.717) is 18.8 Å². The highest BCUT2D eigenvalue weighted by molar-refractivity contribution is 5.90. The summed E-state index contributed by atoms with van der Waals surface area (Å²) in [7, 11) is 2.36. The molecule has 2 aromatic carbocycles. The summed E-state index contributed by atoms with van der Waals surface area (Å²) in [5.74, 6) is 0.851. The van der Waals surface area contributed by atoms with Crippen molar-refractivity contribution in [3.05, 3.63) is 59.2 Å². The maximum Gasteiger partial charge on any atom is 0.174 e. The lowest BCUT2D eigenvalue weighted by molar-refractivity contribution is -0.947. The van der Waals surface area contributed by atoms with E-state index < -0.39 is 17.1 Å². The molecule has 1 spiro atoms. The van der Waals surface area contributed by atoms with E-state index in [9.17, 15) is 9.90 Å². The van der Waals surface area contributed by atoms with E-state index in [4.69, 9.17) is 9.47 Å². The van der Waals surface area contributed by atoms with Gasteiger partial charge in [-0.2, -0.15) is 0 Å². The lowest BCUT2D eigenvalue weighted by Crippen LogP contribution is -2.81. The fourth-order valence-electron chi connectivity index (χ4n) is 7.64. The predicted molar refractivity (Wildman–Crippen MR) is 126 cm³/mol. The maximum absolute atomic E-state index is 13.3. The maximum atomic E-state index is 13.3. The van der Waals surface area contributed by atoms with Crippen LogP contribution in [0.4, 0.5) is 0 Å². The summed E-state index contributed by atoms with van der Waals surface area (Å²) in [6.45, 7) is 4.98. The molecule has 2 heterocycles. The second-order valence-electron chi connectivity index (χ2n) is 10.7. The Kier molecular flexibility index (Phi) is 4.69. The molecule has 2 aliphatic carbocycles. The van der Waals surface area contributed by atoms with Gasteiger partial charge in [-0.05, 0) is 43.4 Å². The molecule has 6 rings (SSSR count). The number of carbonyl (C=O) groups excluding carboxylic acids is 1. The zero-order valence-electron chi connectivity index (χ0n) is 19.7. The smallest absolute Gasteiger partial charge is 0.174 e. The van der Waals surface area contributed by atoms with Gasteiger partial charge in [-0.3, -0.25) is 4.79 Å². The van der Waals surface area contributed by atoms with Crippen LogP contribution in [0.15, 0.2) is 42.5 Å². The van der Waals surface area contributed by atoms with Gasteiger partial charge in [-0.25, -0.2) is 0 Å². The molecule has 2 aromatic rings. The molecule has 4 aliphatic rings. The van der Waals surface area contributed by atoms with E-state index in [2.05, 4.69) is 50.4 Å². The molecule has 5 atom stereocenters. The first-order valence-electron chi connectivity index (χ1n) is 12.5. The highest BCUT2D eigenvalue weighted by Gasteiger charge is 2.77. The molecule has 0 aromatic heterocycles. The molecule has 0 radical (unpaired) electrons. The number of nitrogens with zero attached hydrogens (tertiary/aromatic N) is 1. The Hall–Kier alpha value is -2.37. The van der Waals surface area contributed by atoms with Crippen LogP contribution >= 0.6 is 0 Å². The van der Waals surface area contributed by atoms with Gasteiger partial charge < -0.3 is 19.1 Å². The largest absolute Gasteiger partial charge is 0.504 e. The van der Waals surface area contributed by atoms with Crippen molar-refractivity contribution in [2.45, 2.75) is 68.6 Å². The third-order valence-corrected chi connectivity index (χ3v) is 9.40. The Morgan fingerprint density at radius 3 is 2.79 bits per heavy atom. The lowest BCUT2D eigenvalue weighted by atomic mass is 9.48. The number of ketones is 1. The summed E-state index contributed by atoms with van der Waals surface area (Å²) >= 11 is 0. The van der Waals surface area contributed by atoms with Gasteiger partial charge in [0.25, 0.3) is 0 Å².